The van der Waals surface area contributed by atoms with Crippen LogP contribution in [-0.4, -0.2) is 32.7 Å². The van der Waals surface area contributed by atoms with Crippen molar-refractivity contribution in [1.29, 1.82) is 0 Å². The monoisotopic (exact) mass is 160 g/mol. The average Bonchev–Trinajstić information content (AvgIpc) is 2.37. The molecule has 1 heterocycles. The van der Waals surface area contributed by atoms with Gasteiger partial charge in [0.15, 0.2) is 6.29 Å². The Balaban J connectivity index is 2.23. The highest BCUT2D eigenvalue weighted by atomic mass is 16.7. The number of rotatable bonds is 3. The second-order valence-electron chi connectivity index (χ2n) is 3.16. The predicted octanol–water partition coefficient (Wildman–Crippen LogP) is 1.03. The van der Waals surface area contributed by atoms with Crippen molar-refractivity contribution in [3.8, 4) is 0 Å². The van der Waals surface area contributed by atoms with Gasteiger partial charge in [-0.1, -0.05) is 13.8 Å². The lowest BCUT2D eigenvalue weighted by Crippen LogP contribution is -2.20. The Labute approximate surface area is 67.6 Å². The van der Waals surface area contributed by atoms with E-state index in [-0.39, 0.29) is 12.4 Å². The molecular formula is C8H16O3. The fourth-order valence-electron chi connectivity index (χ4n) is 1.09. The molecular weight excluding hydrogens is 144 g/mol. The second kappa shape index (κ2) is 4.04. The first-order valence-electron chi connectivity index (χ1n) is 4.00. The van der Waals surface area contributed by atoms with Gasteiger partial charge in [-0.05, 0) is 0 Å². The SMILES string of the molecule is COCC1COC(C(C)C)O1. The van der Waals surface area contributed by atoms with Crippen LogP contribution in [0.5, 0.6) is 0 Å². The van der Waals surface area contributed by atoms with Crippen LogP contribution < -0.4 is 0 Å². The smallest absolute Gasteiger partial charge is 0.160 e. The Hall–Kier alpha value is -0.120. The summed E-state index contributed by atoms with van der Waals surface area (Å²) in [7, 11) is 1.67. The Morgan fingerprint density at radius 3 is 2.73 bits per heavy atom. The van der Waals surface area contributed by atoms with Crippen molar-refractivity contribution < 1.29 is 14.2 Å². The summed E-state index contributed by atoms with van der Waals surface area (Å²) in [6.07, 6.45) is 0.0996. The van der Waals surface area contributed by atoms with Crippen LogP contribution in [0.3, 0.4) is 0 Å². The van der Waals surface area contributed by atoms with Gasteiger partial charge in [0.05, 0.1) is 13.2 Å². The minimum Gasteiger partial charge on any atom is -0.382 e. The highest BCUT2D eigenvalue weighted by Crippen LogP contribution is 2.18. The molecule has 3 nitrogen and oxygen atoms in total. The summed E-state index contributed by atoms with van der Waals surface area (Å²) in [6, 6.07) is 0. The first kappa shape index (κ1) is 8.97. The summed E-state index contributed by atoms with van der Waals surface area (Å²) in [5.74, 6) is 0.428. The highest BCUT2D eigenvalue weighted by Gasteiger charge is 2.27. The van der Waals surface area contributed by atoms with Crippen molar-refractivity contribution in [2.24, 2.45) is 5.92 Å². The van der Waals surface area contributed by atoms with E-state index in [1.165, 1.54) is 0 Å². The molecule has 0 amide bonds. The Kier molecular flexibility index (Phi) is 3.30. The predicted molar refractivity (Wildman–Crippen MR) is 41.3 cm³/mol. The maximum absolute atomic E-state index is 5.52. The van der Waals surface area contributed by atoms with Gasteiger partial charge in [-0.2, -0.15) is 0 Å². The number of hydrogen-bond acceptors (Lipinski definition) is 3. The Morgan fingerprint density at radius 2 is 2.27 bits per heavy atom. The first-order valence-corrected chi connectivity index (χ1v) is 4.00. The lowest BCUT2D eigenvalue weighted by atomic mass is 10.2. The van der Waals surface area contributed by atoms with Gasteiger partial charge in [-0.25, -0.2) is 0 Å². The van der Waals surface area contributed by atoms with E-state index in [4.69, 9.17) is 14.2 Å². The van der Waals surface area contributed by atoms with Gasteiger partial charge in [0.25, 0.3) is 0 Å². The molecule has 3 heteroatoms. The molecule has 0 bridgehead atoms. The van der Waals surface area contributed by atoms with E-state index in [2.05, 4.69) is 13.8 Å². The fraction of sp³-hybridized carbons (Fsp3) is 1.00. The quantitative estimate of drug-likeness (QED) is 0.617. The highest BCUT2D eigenvalue weighted by molar-refractivity contribution is 4.66. The molecule has 0 aromatic rings. The summed E-state index contributed by atoms with van der Waals surface area (Å²) in [5, 5.41) is 0. The number of ether oxygens (including phenoxy) is 3. The molecule has 0 aromatic heterocycles. The zero-order chi connectivity index (χ0) is 8.27. The minimum absolute atomic E-state index is 0.0323. The molecule has 1 rings (SSSR count). The molecule has 0 aromatic carbocycles. The van der Waals surface area contributed by atoms with Crippen LogP contribution in [0.15, 0.2) is 0 Å². The molecule has 11 heavy (non-hydrogen) atoms. The molecule has 2 unspecified atom stereocenters. The van der Waals surface area contributed by atoms with Crippen molar-refractivity contribution in [3.05, 3.63) is 0 Å². The van der Waals surface area contributed by atoms with Gasteiger partial charge in [-0.15, -0.1) is 0 Å². The fourth-order valence-corrected chi connectivity index (χ4v) is 1.09. The van der Waals surface area contributed by atoms with Crippen LogP contribution in [0.1, 0.15) is 13.8 Å². The first-order chi connectivity index (χ1) is 5.24. The number of methoxy groups -OCH3 is 1. The molecule has 1 saturated heterocycles. The van der Waals surface area contributed by atoms with E-state index < -0.39 is 0 Å². The normalized spacial score (nSPS) is 31.6. The molecule has 0 aliphatic carbocycles. The molecule has 1 fully saturated rings. The lowest BCUT2D eigenvalue weighted by Gasteiger charge is -2.13. The average molecular weight is 160 g/mol. The van der Waals surface area contributed by atoms with Gasteiger partial charge in [0, 0.05) is 13.0 Å². The third kappa shape index (κ3) is 2.43. The standard InChI is InChI=1S/C8H16O3/c1-6(2)8-10-5-7(11-8)4-9-3/h6-8H,4-5H2,1-3H3. The summed E-state index contributed by atoms with van der Waals surface area (Å²) in [5.41, 5.74) is 0. The van der Waals surface area contributed by atoms with Crippen LogP contribution >= 0.6 is 0 Å². The van der Waals surface area contributed by atoms with Crippen LogP contribution in [0.4, 0.5) is 0 Å². The minimum atomic E-state index is -0.0323. The summed E-state index contributed by atoms with van der Waals surface area (Å²) in [4.78, 5) is 0. The number of hydrogen-bond donors (Lipinski definition) is 0. The lowest BCUT2D eigenvalue weighted by molar-refractivity contribution is -0.0948. The topological polar surface area (TPSA) is 27.7 Å². The molecule has 1 aliphatic rings. The summed E-state index contributed by atoms with van der Waals surface area (Å²) < 4.78 is 15.8. The molecule has 0 spiro atoms. The second-order valence-corrected chi connectivity index (χ2v) is 3.16. The van der Waals surface area contributed by atoms with Crippen molar-refractivity contribution in [2.75, 3.05) is 20.3 Å². The van der Waals surface area contributed by atoms with Crippen molar-refractivity contribution in [1.82, 2.24) is 0 Å². The molecule has 66 valence electrons. The van der Waals surface area contributed by atoms with Crippen molar-refractivity contribution in [3.63, 3.8) is 0 Å². The van der Waals surface area contributed by atoms with Crippen LogP contribution in [0.25, 0.3) is 0 Å². The maximum Gasteiger partial charge on any atom is 0.160 e. The molecule has 0 saturated carbocycles. The van der Waals surface area contributed by atoms with Gasteiger partial charge in [0.1, 0.15) is 6.10 Å². The van der Waals surface area contributed by atoms with E-state index in [9.17, 15) is 0 Å². The zero-order valence-electron chi connectivity index (χ0n) is 7.37. The van der Waals surface area contributed by atoms with Gasteiger partial charge in [-0.3, -0.25) is 0 Å². The van der Waals surface area contributed by atoms with Crippen LogP contribution in [-0.2, 0) is 14.2 Å². The third-order valence-corrected chi connectivity index (χ3v) is 1.67. The largest absolute Gasteiger partial charge is 0.382 e. The molecule has 2 atom stereocenters. The molecule has 0 N–H and O–H groups in total. The van der Waals surface area contributed by atoms with E-state index in [0.29, 0.717) is 19.1 Å². The van der Waals surface area contributed by atoms with Crippen LogP contribution in [0, 0.1) is 5.92 Å². The summed E-state index contributed by atoms with van der Waals surface area (Å²) >= 11 is 0. The molecule has 0 radical (unpaired) electrons. The van der Waals surface area contributed by atoms with Gasteiger partial charge < -0.3 is 14.2 Å². The van der Waals surface area contributed by atoms with E-state index in [0.717, 1.165) is 0 Å². The van der Waals surface area contributed by atoms with Gasteiger partial charge >= 0.3 is 0 Å². The van der Waals surface area contributed by atoms with Crippen molar-refractivity contribution in [2.45, 2.75) is 26.2 Å². The van der Waals surface area contributed by atoms with Gasteiger partial charge in [0.2, 0.25) is 0 Å². The zero-order valence-corrected chi connectivity index (χ0v) is 7.37. The Morgan fingerprint density at radius 1 is 1.55 bits per heavy atom. The van der Waals surface area contributed by atoms with Crippen molar-refractivity contribution >= 4 is 0 Å². The maximum atomic E-state index is 5.52. The van der Waals surface area contributed by atoms with E-state index >= 15 is 0 Å². The Bertz CT molecular complexity index is 114. The van der Waals surface area contributed by atoms with E-state index in [1.807, 2.05) is 0 Å². The van der Waals surface area contributed by atoms with Crippen LogP contribution in [0.2, 0.25) is 0 Å². The summed E-state index contributed by atoms with van der Waals surface area (Å²) in [6.45, 7) is 5.46. The van der Waals surface area contributed by atoms with E-state index in [1.54, 1.807) is 7.11 Å². The third-order valence-electron chi connectivity index (χ3n) is 1.67. The molecule has 1 aliphatic heterocycles.